The Morgan fingerprint density at radius 1 is 0.880 bits per heavy atom. The SMILES string of the molecule is NC(=O)CC(NC(=O)CNC(=O)CNC(=O)C(N)CC(=O)O)C(=O)O. The Morgan fingerprint density at radius 2 is 1.44 bits per heavy atom. The van der Waals surface area contributed by atoms with Gasteiger partial charge in [-0.2, -0.15) is 0 Å². The molecule has 4 amide bonds. The number of primary amides is 1. The van der Waals surface area contributed by atoms with Gasteiger partial charge in [0.05, 0.1) is 32.0 Å². The van der Waals surface area contributed by atoms with E-state index in [0.717, 1.165) is 0 Å². The van der Waals surface area contributed by atoms with Crippen molar-refractivity contribution in [3.05, 3.63) is 0 Å². The van der Waals surface area contributed by atoms with Crippen LogP contribution < -0.4 is 27.4 Å². The summed E-state index contributed by atoms with van der Waals surface area (Å²) in [6.07, 6.45) is -1.24. The molecular weight excluding hydrogens is 342 g/mol. The second kappa shape index (κ2) is 10.5. The zero-order valence-corrected chi connectivity index (χ0v) is 13.0. The maximum absolute atomic E-state index is 11.5. The van der Waals surface area contributed by atoms with E-state index in [4.69, 9.17) is 21.7 Å². The number of carbonyl (C=O) groups is 6. The van der Waals surface area contributed by atoms with Crippen LogP contribution in [0.4, 0.5) is 0 Å². The van der Waals surface area contributed by atoms with E-state index in [0.29, 0.717) is 0 Å². The molecule has 0 bridgehead atoms. The number of nitrogens with one attached hydrogen (secondary N) is 3. The van der Waals surface area contributed by atoms with Crippen LogP contribution in [0, 0.1) is 0 Å². The molecule has 0 aliphatic carbocycles. The van der Waals surface area contributed by atoms with Crippen LogP contribution in [0.1, 0.15) is 12.8 Å². The van der Waals surface area contributed by atoms with Crippen molar-refractivity contribution in [3.8, 4) is 0 Å². The van der Waals surface area contributed by atoms with E-state index in [1.165, 1.54) is 0 Å². The van der Waals surface area contributed by atoms with Gasteiger partial charge in [-0.25, -0.2) is 4.79 Å². The summed E-state index contributed by atoms with van der Waals surface area (Å²) < 4.78 is 0. The monoisotopic (exact) mass is 361 g/mol. The fraction of sp³-hybridized carbons (Fsp3) is 0.500. The molecule has 0 heterocycles. The minimum Gasteiger partial charge on any atom is -0.481 e. The van der Waals surface area contributed by atoms with Gasteiger partial charge < -0.3 is 37.6 Å². The highest BCUT2D eigenvalue weighted by Crippen LogP contribution is 1.91. The lowest BCUT2D eigenvalue weighted by Crippen LogP contribution is -2.49. The standard InChI is InChI=1S/C12H19N5O8/c13-5(1-10(21)22)11(23)16-3-8(19)15-4-9(20)17-6(12(24)25)2-7(14)18/h5-6H,1-4,13H2,(H2,14,18)(H,15,19)(H,16,23)(H,17,20)(H,21,22)(H,24,25). The Labute approximate surface area is 141 Å². The largest absolute Gasteiger partial charge is 0.481 e. The number of amides is 4. The van der Waals surface area contributed by atoms with E-state index in [1.54, 1.807) is 0 Å². The molecule has 0 fully saturated rings. The van der Waals surface area contributed by atoms with Gasteiger partial charge in [0.2, 0.25) is 23.6 Å². The van der Waals surface area contributed by atoms with Gasteiger partial charge in [-0.15, -0.1) is 0 Å². The maximum Gasteiger partial charge on any atom is 0.326 e. The first-order chi connectivity index (χ1) is 11.5. The summed E-state index contributed by atoms with van der Waals surface area (Å²) in [5.74, 6) is -6.25. The van der Waals surface area contributed by atoms with E-state index < -0.39 is 73.6 Å². The summed E-state index contributed by atoms with van der Waals surface area (Å²) in [5, 5.41) is 23.4. The van der Waals surface area contributed by atoms with Gasteiger partial charge in [-0.05, 0) is 0 Å². The highest BCUT2D eigenvalue weighted by molar-refractivity contribution is 5.92. The number of rotatable bonds is 11. The van der Waals surface area contributed by atoms with Crippen LogP contribution in [0.15, 0.2) is 0 Å². The lowest BCUT2D eigenvalue weighted by Gasteiger charge is -2.13. The maximum atomic E-state index is 11.5. The smallest absolute Gasteiger partial charge is 0.326 e. The highest BCUT2D eigenvalue weighted by atomic mass is 16.4. The Balaban J connectivity index is 4.21. The Morgan fingerprint density at radius 3 is 1.92 bits per heavy atom. The van der Waals surface area contributed by atoms with Crippen molar-refractivity contribution in [2.24, 2.45) is 11.5 Å². The number of hydrogen-bond acceptors (Lipinski definition) is 7. The van der Waals surface area contributed by atoms with Crippen LogP contribution in [0.2, 0.25) is 0 Å². The topological polar surface area (TPSA) is 231 Å². The molecule has 0 aliphatic rings. The third-order valence-corrected chi connectivity index (χ3v) is 2.64. The number of carboxylic acids is 2. The van der Waals surface area contributed by atoms with Crippen molar-refractivity contribution < 1.29 is 39.0 Å². The minimum atomic E-state index is -1.53. The zero-order valence-electron chi connectivity index (χ0n) is 13.0. The Kier molecular flexibility index (Phi) is 9.18. The van der Waals surface area contributed by atoms with Gasteiger partial charge in [0.15, 0.2) is 0 Å². The molecule has 0 rings (SSSR count). The second-order valence-corrected chi connectivity index (χ2v) is 4.83. The molecule has 0 saturated heterocycles. The molecule has 13 heteroatoms. The van der Waals surface area contributed by atoms with Gasteiger partial charge >= 0.3 is 11.9 Å². The first kappa shape index (κ1) is 21.8. The van der Waals surface area contributed by atoms with Crippen molar-refractivity contribution in [2.75, 3.05) is 13.1 Å². The van der Waals surface area contributed by atoms with Crippen molar-refractivity contribution in [1.82, 2.24) is 16.0 Å². The minimum absolute atomic E-state index is 0.566. The molecule has 0 spiro atoms. The van der Waals surface area contributed by atoms with E-state index in [-0.39, 0.29) is 0 Å². The van der Waals surface area contributed by atoms with Gasteiger partial charge in [-0.3, -0.25) is 24.0 Å². The molecule has 0 aliphatic heterocycles. The van der Waals surface area contributed by atoms with Crippen molar-refractivity contribution in [3.63, 3.8) is 0 Å². The third-order valence-electron chi connectivity index (χ3n) is 2.64. The Hall–Kier alpha value is -3.22. The fourth-order valence-electron chi connectivity index (χ4n) is 1.47. The van der Waals surface area contributed by atoms with Crippen LogP contribution in [0.3, 0.4) is 0 Å². The number of aliphatic carboxylic acids is 2. The predicted octanol–water partition coefficient (Wildman–Crippen LogP) is -4.53. The van der Waals surface area contributed by atoms with Crippen LogP contribution in [-0.2, 0) is 28.8 Å². The molecule has 0 aromatic rings. The highest BCUT2D eigenvalue weighted by Gasteiger charge is 2.22. The lowest BCUT2D eigenvalue weighted by atomic mass is 10.2. The average molecular weight is 361 g/mol. The number of carboxylic acid groups (broad SMARTS) is 2. The first-order valence-corrected chi connectivity index (χ1v) is 6.85. The molecule has 2 atom stereocenters. The molecule has 9 N–H and O–H groups in total. The normalized spacial score (nSPS) is 12.4. The van der Waals surface area contributed by atoms with Gasteiger partial charge in [0, 0.05) is 0 Å². The van der Waals surface area contributed by atoms with Gasteiger partial charge in [0.25, 0.3) is 0 Å². The first-order valence-electron chi connectivity index (χ1n) is 6.85. The lowest BCUT2D eigenvalue weighted by molar-refractivity contribution is -0.143. The molecule has 13 nitrogen and oxygen atoms in total. The van der Waals surface area contributed by atoms with Gasteiger partial charge in [0.1, 0.15) is 6.04 Å². The van der Waals surface area contributed by atoms with Crippen molar-refractivity contribution in [2.45, 2.75) is 24.9 Å². The van der Waals surface area contributed by atoms with Crippen molar-refractivity contribution in [1.29, 1.82) is 0 Å². The van der Waals surface area contributed by atoms with E-state index in [9.17, 15) is 28.8 Å². The molecular formula is C12H19N5O8. The summed E-state index contributed by atoms with van der Waals surface area (Å²) in [7, 11) is 0. The van der Waals surface area contributed by atoms with E-state index in [2.05, 4.69) is 10.6 Å². The molecule has 0 aromatic carbocycles. The summed E-state index contributed by atoms with van der Waals surface area (Å²) in [5.41, 5.74) is 10.1. The number of carbonyl (C=O) groups excluding carboxylic acids is 4. The predicted molar refractivity (Wildman–Crippen MR) is 79.6 cm³/mol. The van der Waals surface area contributed by atoms with Crippen LogP contribution in [0.25, 0.3) is 0 Å². The fourth-order valence-corrected chi connectivity index (χ4v) is 1.47. The van der Waals surface area contributed by atoms with Gasteiger partial charge in [-0.1, -0.05) is 0 Å². The third kappa shape index (κ3) is 10.2. The van der Waals surface area contributed by atoms with Crippen LogP contribution in [-0.4, -0.2) is 71.0 Å². The summed E-state index contributed by atoms with van der Waals surface area (Å²) in [6.45, 7) is -1.18. The molecule has 2 unspecified atom stereocenters. The van der Waals surface area contributed by atoms with Crippen molar-refractivity contribution >= 4 is 35.6 Å². The Bertz CT molecular complexity index is 564. The molecule has 25 heavy (non-hydrogen) atoms. The summed E-state index contributed by atoms with van der Waals surface area (Å²) in [6, 6.07) is -2.87. The quantitative estimate of drug-likeness (QED) is 0.187. The molecule has 140 valence electrons. The summed E-state index contributed by atoms with van der Waals surface area (Å²) in [4.78, 5) is 66.2. The zero-order chi connectivity index (χ0) is 19.6. The number of hydrogen-bond donors (Lipinski definition) is 7. The molecule has 0 saturated carbocycles. The van der Waals surface area contributed by atoms with E-state index >= 15 is 0 Å². The molecule has 0 aromatic heterocycles. The van der Waals surface area contributed by atoms with Crippen LogP contribution >= 0.6 is 0 Å². The average Bonchev–Trinajstić information content (AvgIpc) is 2.48. The van der Waals surface area contributed by atoms with Crippen LogP contribution in [0.5, 0.6) is 0 Å². The summed E-state index contributed by atoms with van der Waals surface area (Å²) >= 11 is 0. The molecule has 0 radical (unpaired) electrons. The second-order valence-electron chi connectivity index (χ2n) is 4.83. The van der Waals surface area contributed by atoms with E-state index in [1.807, 2.05) is 5.32 Å². The number of nitrogens with two attached hydrogens (primary N) is 2.